The smallest absolute Gasteiger partial charge is 0.244 e. The minimum Gasteiger partial charge on any atom is -0.338 e. The van der Waals surface area contributed by atoms with Crippen LogP contribution in [0.5, 0.6) is 0 Å². The Morgan fingerprint density at radius 3 is 2.79 bits per heavy atom. The molecule has 0 fully saturated rings. The van der Waals surface area contributed by atoms with Gasteiger partial charge in [-0.25, -0.2) is 13.8 Å². The van der Waals surface area contributed by atoms with Crippen LogP contribution in [0.3, 0.4) is 0 Å². The number of fused-ring (bicyclic) bond motifs is 1. The zero-order chi connectivity index (χ0) is 23.8. The Kier molecular flexibility index (Phi) is 5.50. The number of imidazole rings is 1. The molecule has 0 saturated heterocycles. The number of carbonyl (C=O) groups excluding carboxylic acids is 1. The molecular weight excluding hydrogens is 458 g/mol. The van der Waals surface area contributed by atoms with Gasteiger partial charge in [-0.2, -0.15) is 5.10 Å². The van der Waals surface area contributed by atoms with Crippen LogP contribution in [0.15, 0.2) is 60.7 Å². The summed E-state index contributed by atoms with van der Waals surface area (Å²) in [6.07, 6.45) is 0. The van der Waals surface area contributed by atoms with Crippen LogP contribution >= 0.6 is 12.2 Å². The Bertz CT molecular complexity index is 1600. The number of hydrogen-bond donors (Lipinski definition) is 3. The van der Waals surface area contributed by atoms with Crippen molar-refractivity contribution in [1.82, 2.24) is 24.7 Å². The van der Waals surface area contributed by atoms with E-state index >= 15 is 0 Å². The second-order valence-corrected chi connectivity index (χ2v) is 8.18. The van der Waals surface area contributed by atoms with E-state index < -0.39 is 11.6 Å². The van der Waals surface area contributed by atoms with Crippen molar-refractivity contribution in [3.63, 3.8) is 0 Å². The second-order valence-electron chi connectivity index (χ2n) is 7.80. The number of rotatable bonds is 5. The number of nitrogens with one attached hydrogen (secondary N) is 3. The third-order valence-electron chi connectivity index (χ3n) is 5.29. The largest absolute Gasteiger partial charge is 0.338 e. The fraction of sp³-hybridized carbons (Fsp3) is 0.0833. The fourth-order valence-electron chi connectivity index (χ4n) is 3.71. The van der Waals surface area contributed by atoms with Gasteiger partial charge in [-0.3, -0.25) is 14.5 Å². The number of benzene rings is 3. The molecule has 34 heavy (non-hydrogen) atoms. The average Bonchev–Trinajstić information content (AvgIpc) is 3.38. The van der Waals surface area contributed by atoms with Crippen molar-refractivity contribution >= 4 is 34.8 Å². The highest BCUT2D eigenvalue weighted by molar-refractivity contribution is 7.71. The summed E-state index contributed by atoms with van der Waals surface area (Å²) in [5, 5.41) is 9.84. The first-order chi connectivity index (χ1) is 16.4. The van der Waals surface area contributed by atoms with Gasteiger partial charge in [0.25, 0.3) is 0 Å². The van der Waals surface area contributed by atoms with E-state index in [1.807, 2.05) is 31.2 Å². The van der Waals surface area contributed by atoms with Gasteiger partial charge in [0.1, 0.15) is 24.0 Å². The predicted octanol–water partition coefficient (Wildman–Crippen LogP) is 5.38. The van der Waals surface area contributed by atoms with Crippen LogP contribution in [0.4, 0.5) is 14.5 Å². The van der Waals surface area contributed by atoms with E-state index in [-0.39, 0.29) is 23.8 Å². The molecule has 3 N–H and O–H groups in total. The van der Waals surface area contributed by atoms with Crippen molar-refractivity contribution in [1.29, 1.82) is 0 Å². The molecule has 2 heterocycles. The topological polar surface area (TPSA) is 91.4 Å². The molecule has 7 nitrogen and oxygen atoms in total. The van der Waals surface area contributed by atoms with Crippen molar-refractivity contribution in [3.8, 4) is 22.8 Å². The van der Waals surface area contributed by atoms with E-state index in [1.54, 1.807) is 22.8 Å². The maximum absolute atomic E-state index is 14.1. The summed E-state index contributed by atoms with van der Waals surface area (Å²) in [6, 6.07) is 16.0. The van der Waals surface area contributed by atoms with Gasteiger partial charge >= 0.3 is 0 Å². The summed E-state index contributed by atoms with van der Waals surface area (Å²) < 4.78 is 29.6. The van der Waals surface area contributed by atoms with E-state index in [9.17, 15) is 13.6 Å². The van der Waals surface area contributed by atoms with E-state index in [2.05, 4.69) is 25.5 Å². The normalized spacial score (nSPS) is 11.1. The number of amides is 1. The molecule has 5 aromatic rings. The maximum atomic E-state index is 14.1. The minimum atomic E-state index is -0.588. The van der Waals surface area contributed by atoms with Crippen LogP contribution in [-0.2, 0) is 11.3 Å². The van der Waals surface area contributed by atoms with Gasteiger partial charge in [-0.1, -0.05) is 23.8 Å². The van der Waals surface area contributed by atoms with Crippen molar-refractivity contribution in [2.75, 3.05) is 5.32 Å². The lowest BCUT2D eigenvalue weighted by atomic mass is 10.1. The maximum Gasteiger partial charge on any atom is 0.244 e. The number of nitrogens with zero attached hydrogens (tertiary/aromatic N) is 3. The number of aryl methyl sites for hydroxylation is 1. The first kappa shape index (κ1) is 21.7. The second kappa shape index (κ2) is 8.64. The van der Waals surface area contributed by atoms with Gasteiger partial charge in [0, 0.05) is 11.3 Å². The zero-order valence-corrected chi connectivity index (χ0v) is 18.7. The SMILES string of the molecule is Cc1cccc(-c2n[nH]c(=S)n2CC(=O)Nc2ccc3nc(-c4cc(F)ccc4F)[nH]c3c2)c1. The van der Waals surface area contributed by atoms with Crippen molar-refractivity contribution in [3.05, 3.63) is 82.6 Å². The molecular formula is C24H18F2N6OS. The number of aromatic amines is 2. The first-order valence-electron chi connectivity index (χ1n) is 10.3. The van der Waals surface area contributed by atoms with Gasteiger partial charge in [-0.05, 0) is 61.6 Å². The van der Waals surface area contributed by atoms with E-state index in [0.29, 0.717) is 27.3 Å². The van der Waals surface area contributed by atoms with Crippen LogP contribution in [0.1, 0.15) is 5.56 Å². The van der Waals surface area contributed by atoms with Crippen molar-refractivity contribution in [2.45, 2.75) is 13.5 Å². The fourth-order valence-corrected chi connectivity index (χ4v) is 3.90. The summed E-state index contributed by atoms with van der Waals surface area (Å²) in [7, 11) is 0. The molecule has 0 unspecified atom stereocenters. The summed E-state index contributed by atoms with van der Waals surface area (Å²) >= 11 is 5.32. The highest BCUT2D eigenvalue weighted by Crippen LogP contribution is 2.26. The lowest BCUT2D eigenvalue weighted by Crippen LogP contribution is -2.19. The van der Waals surface area contributed by atoms with Crippen LogP contribution in [0, 0.1) is 23.3 Å². The molecule has 0 aliphatic heterocycles. The molecule has 0 bridgehead atoms. The predicted molar refractivity (Wildman–Crippen MR) is 128 cm³/mol. The monoisotopic (exact) mass is 476 g/mol. The van der Waals surface area contributed by atoms with Crippen LogP contribution in [-0.4, -0.2) is 30.6 Å². The number of halogens is 2. The molecule has 3 aromatic carbocycles. The number of anilines is 1. The summed E-state index contributed by atoms with van der Waals surface area (Å²) in [5.74, 6) is -0.692. The summed E-state index contributed by atoms with van der Waals surface area (Å²) in [4.78, 5) is 20.1. The molecule has 0 radical (unpaired) electrons. The molecule has 0 atom stereocenters. The molecule has 5 rings (SSSR count). The molecule has 10 heteroatoms. The van der Waals surface area contributed by atoms with Gasteiger partial charge < -0.3 is 10.3 Å². The molecule has 0 aliphatic carbocycles. The highest BCUT2D eigenvalue weighted by atomic mass is 32.1. The standard InChI is InChI=1S/C24H18F2N6OS/c1-13-3-2-4-14(9-13)23-30-31-24(34)32(23)12-21(33)27-16-6-8-19-20(11-16)29-22(28-19)17-10-15(25)5-7-18(17)26/h2-11H,12H2,1H3,(H,27,33)(H,28,29)(H,31,34). The van der Waals surface area contributed by atoms with E-state index in [1.165, 1.54) is 0 Å². The molecule has 0 spiro atoms. The van der Waals surface area contributed by atoms with Gasteiger partial charge in [0.2, 0.25) is 5.91 Å². The van der Waals surface area contributed by atoms with Crippen molar-refractivity contribution < 1.29 is 13.6 Å². The number of aromatic nitrogens is 5. The van der Waals surface area contributed by atoms with Crippen LogP contribution in [0.25, 0.3) is 33.8 Å². The van der Waals surface area contributed by atoms with Crippen LogP contribution < -0.4 is 5.32 Å². The third-order valence-corrected chi connectivity index (χ3v) is 5.60. The minimum absolute atomic E-state index is 0.0276. The quantitative estimate of drug-likeness (QED) is 0.297. The zero-order valence-electron chi connectivity index (χ0n) is 17.9. The summed E-state index contributed by atoms with van der Waals surface area (Å²) in [5.41, 5.74) is 3.57. The lowest BCUT2D eigenvalue weighted by Gasteiger charge is -2.09. The van der Waals surface area contributed by atoms with Crippen molar-refractivity contribution in [2.24, 2.45) is 0 Å². The lowest BCUT2D eigenvalue weighted by molar-refractivity contribution is -0.116. The third kappa shape index (κ3) is 4.23. The average molecular weight is 477 g/mol. The van der Waals surface area contributed by atoms with E-state index in [4.69, 9.17) is 12.2 Å². The number of carbonyl (C=O) groups is 1. The Hall–Kier alpha value is -4.18. The van der Waals surface area contributed by atoms with Gasteiger partial charge in [0.15, 0.2) is 10.6 Å². The Labute approximate surface area is 197 Å². The Morgan fingerprint density at radius 2 is 1.97 bits per heavy atom. The Balaban J connectivity index is 1.38. The Morgan fingerprint density at radius 1 is 1.12 bits per heavy atom. The summed E-state index contributed by atoms with van der Waals surface area (Å²) in [6.45, 7) is 1.93. The molecule has 2 aromatic heterocycles. The molecule has 0 saturated carbocycles. The molecule has 1 amide bonds. The van der Waals surface area contributed by atoms with Crippen LogP contribution in [0.2, 0.25) is 0 Å². The highest BCUT2D eigenvalue weighted by Gasteiger charge is 2.15. The number of H-pyrrole nitrogens is 2. The van der Waals surface area contributed by atoms with Gasteiger partial charge in [-0.15, -0.1) is 0 Å². The van der Waals surface area contributed by atoms with E-state index in [0.717, 1.165) is 29.3 Å². The van der Waals surface area contributed by atoms with Gasteiger partial charge in [0.05, 0.1) is 16.6 Å². The first-order valence-corrected chi connectivity index (χ1v) is 10.8. The molecule has 0 aliphatic rings. The number of hydrogen-bond acceptors (Lipinski definition) is 4. The molecule has 170 valence electrons.